The van der Waals surface area contributed by atoms with Crippen molar-refractivity contribution in [3.8, 4) is 0 Å². The molecule has 0 spiro atoms. The third-order valence-electron chi connectivity index (χ3n) is 8.34. The number of piperidine rings is 1. The summed E-state index contributed by atoms with van der Waals surface area (Å²) in [6, 6.07) is 11.3. The molecule has 1 aliphatic carbocycles. The number of likely N-dealkylation sites (tertiary alicyclic amines) is 1. The van der Waals surface area contributed by atoms with Crippen LogP contribution < -0.4 is 5.32 Å². The first kappa shape index (κ1) is 25.7. The van der Waals surface area contributed by atoms with Crippen LogP contribution in [-0.2, 0) is 17.8 Å². The molecule has 3 heterocycles. The molecule has 0 radical (unpaired) electrons. The second-order valence-corrected chi connectivity index (χ2v) is 11.1. The average molecular weight is 504 g/mol. The van der Waals surface area contributed by atoms with Crippen molar-refractivity contribution in [1.29, 1.82) is 0 Å². The molecule has 3 aromatic rings. The second kappa shape index (κ2) is 11.2. The molecule has 0 atom stereocenters. The summed E-state index contributed by atoms with van der Waals surface area (Å²) in [5, 5.41) is 13.1. The molecule has 1 saturated heterocycles. The van der Waals surface area contributed by atoms with Gasteiger partial charge in [-0.2, -0.15) is 0 Å². The Hall–Kier alpha value is -2.93. The number of fused-ring (bicyclic) bond motifs is 1. The summed E-state index contributed by atoms with van der Waals surface area (Å²) in [5.41, 5.74) is 6.56. The fourth-order valence-corrected chi connectivity index (χ4v) is 6.09. The van der Waals surface area contributed by atoms with E-state index in [2.05, 4.69) is 54.1 Å². The van der Waals surface area contributed by atoms with Gasteiger partial charge in [-0.15, -0.1) is 0 Å². The number of aliphatic hydroxyl groups is 1. The number of aliphatic hydroxyl groups excluding tert-OH is 1. The number of benzene rings is 1. The minimum atomic E-state index is 0.157. The first-order valence-corrected chi connectivity index (χ1v) is 14.0. The van der Waals surface area contributed by atoms with Gasteiger partial charge in [0.1, 0.15) is 11.3 Å². The lowest BCUT2D eigenvalue weighted by atomic mass is 9.84. The zero-order valence-corrected chi connectivity index (χ0v) is 22.5. The number of imidazole rings is 1. The number of anilines is 1. The maximum absolute atomic E-state index is 13.0. The normalized spacial score (nSPS) is 20.9. The molecule has 1 saturated carbocycles. The molecule has 0 bridgehead atoms. The van der Waals surface area contributed by atoms with Crippen LogP contribution in [0.3, 0.4) is 0 Å². The number of rotatable bonds is 7. The van der Waals surface area contributed by atoms with Crippen LogP contribution >= 0.6 is 0 Å². The highest BCUT2D eigenvalue weighted by molar-refractivity contribution is 5.79. The molecule has 0 unspecified atom stereocenters. The summed E-state index contributed by atoms with van der Waals surface area (Å²) in [6.45, 7) is 8.92. The Morgan fingerprint density at radius 3 is 2.38 bits per heavy atom. The van der Waals surface area contributed by atoms with Crippen LogP contribution in [0, 0.1) is 25.7 Å². The van der Waals surface area contributed by atoms with Gasteiger partial charge in [-0.25, -0.2) is 9.97 Å². The fourth-order valence-electron chi connectivity index (χ4n) is 6.09. The largest absolute Gasteiger partial charge is 0.396 e. The van der Waals surface area contributed by atoms with Crippen molar-refractivity contribution in [2.75, 3.05) is 25.0 Å². The SMILES string of the molecule is CCc1nc2c(C)cc(C)nc2n1Cc1ccc(N[C@H]2CC[C@H](C(=O)N3CCC(CO)CC3)CC2)cc1. The van der Waals surface area contributed by atoms with Gasteiger partial charge < -0.3 is 19.9 Å². The van der Waals surface area contributed by atoms with E-state index < -0.39 is 0 Å². The van der Waals surface area contributed by atoms with Crippen LogP contribution in [0.2, 0.25) is 0 Å². The number of aromatic nitrogens is 3. The predicted octanol–water partition coefficient (Wildman–Crippen LogP) is 4.86. The van der Waals surface area contributed by atoms with Gasteiger partial charge in [0, 0.05) is 49.5 Å². The van der Waals surface area contributed by atoms with E-state index in [0.717, 1.165) is 92.9 Å². The first-order chi connectivity index (χ1) is 17.9. The van der Waals surface area contributed by atoms with E-state index in [1.807, 2.05) is 11.8 Å². The van der Waals surface area contributed by atoms with Gasteiger partial charge in [0.05, 0.1) is 6.54 Å². The van der Waals surface area contributed by atoms with Crippen molar-refractivity contribution in [2.24, 2.45) is 11.8 Å². The van der Waals surface area contributed by atoms with Crippen LogP contribution in [0.1, 0.15) is 68.1 Å². The standard InChI is InChI=1S/C30H41N5O2/c1-4-27-33-28-20(2)17-21(3)31-29(28)35(27)18-22-5-9-25(10-6-22)32-26-11-7-24(8-12-26)30(37)34-15-13-23(19-36)14-16-34/h5-6,9-10,17,23-24,26,32,36H,4,7-8,11-16,18-19H2,1-3H3/t24-,26-. The minimum Gasteiger partial charge on any atom is -0.396 e. The minimum absolute atomic E-state index is 0.157. The highest BCUT2D eigenvalue weighted by atomic mass is 16.3. The highest BCUT2D eigenvalue weighted by Crippen LogP contribution is 2.30. The lowest BCUT2D eigenvalue weighted by Gasteiger charge is -2.36. The van der Waals surface area contributed by atoms with E-state index in [1.54, 1.807) is 0 Å². The summed E-state index contributed by atoms with van der Waals surface area (Å²) in [4.78, 5) is 24.7. The second-order valence-electron chi connectivity index (χ2n) is 11.1. The molecule has 2 fully saturated rings. The number of nitrogens with one attached hydrogen (secondary N) is 1. The number of carbonyl (C=O) groups is 1. The number of pyridine rings is 1. The van der Waals surface area contributed by atoms with Crippen molar-refractivity contribution in [3.05, 3.63) is 53.0 Å². The van der Waals surface area contributed by atoms with Crippen LogP contribution in [0.25, 0.3) is 11.2 Å². The van der Waals surface area contributed by atoms with Crippen molar-refractivity contribution in [3.63, 3.8) is 0 Å². The number of hydrogen-bond acceptors (Lipinski definition) is 5. The lowest BCUT2D eigenvalue weighted by molar-refractivity contribution is -0.138. The Bertz CT molecular complexity index is 1220. The van der Waals surface area contributed by atoms with Crippen molar-refractivity contribution in [1.82, 2.24) is 19.4 Å². The Morgan fingerprint density at radius 1 is 1.03 bits per heavy atom. The van der Waals surface area contributed by atoms with E-state index in [9.17, 15) is 9.90 Å². The predicted molar refractivity (Wildman–Crippen MR) is 148 cm³/mol. The van der Waals surface area contributed by atoms with Gasteiger partial charge in [-0.1, -0.05) is 19.1 Å². The highest BCUT2D eigenvalue weighted by Gasteiger charge is 2.31. The van der Waals surface area contributed by atoms with E-state index >= 15 is 0 Å². The van der Waals surface area contributed by atoms with Crippen molar-refractivity contribution < 1.29 is 9.90 Å². The molecule has 7 heteroatoms. The molecule has 198 valence electrons. The smallest absolute Gasteiger partial charge is 0.225 e. The number of aryl methyl sites for hydroxylation is 3. The molecule has 1 aromatic carbocycles. The van der Waals surface area contributed by atoms with Gasteiger partial charge in [-0.05, 0) is 87.6 Å². The molecular formula is C30H41N5O2. The molecule has 7 nitrogen and oxygen atoms in total. The van der Waals surface area contributed by atoms with E-state index in [1.165, 1.54) is 11.1 Å². The summed E-state index contributed by atoms with van der Waals surface area (Å²) in [6.07, 6.45) is 6.69. The summed E-state index contributed by atoms with van der Waals surface area (Å²) >= 11 is 0. The van der Waals surface area contributed by atoms with E-state index in [4.69, 9.17) is 9.97 Å². The monoisotopic (exact) mass is 503 g/mol. The van der Waals surface area contributed by atoms with E-state index in [-0.39, 0.29) is 12.5 Å². The molecule has 1 amide bonds. The Labute approximate surface area is 220 Å². The van der Waals surface area contributed by atoms with Gasteiger partial charge in [0.2, 0.25) is 5.91 Å². The lowest BCUT2D eigenvalue weighted by Crippen LogP contribution is -2.43. The average Bonchev–Trinajstić information content (AvgIpc) is 3.27. The van der Waals surface area contributed by atoms with Gasteiger partial charge in [0.15, 0.2) is 5.65 Å². The van der Waals surface area contributed by atoms with Crippen LogP contribution in [0.4, 0.5) is 5.69 Å². The van der Waals surface area contributed by atoms with Crippen molar-refractivity contribution in [2.45, 2.75) is 78.3 Å². The van der Waals surface area contributed by atoms with Gasteiger partial charge in [0.25, 0.3) is 0 Å². The molecular weight excluding hydrogens is 462 g/mol. The Morgan fingerprint density at radius 2 is 1.73 bits per heavy atom. The maximum atomic E-state index is 13.0. The quantitative estimate of drug-likeness (QED) is 0.481. The van der Waals surface area contributed by atoms with Crippen LogP contribution in [-0.4, -0.2) is 56.2 Å². The Balaban J connectivity index is 1.16. The molecule has 5 rings (SSSR count). The topological polar surface area (TPSA) is 83.3 Å². The van der Waals surface area contributed by atoms with Gasteiger partial charge in [-0.3, -0.25) is 4.79 Å². The number of carbonyl (C=O) groups excluding carboxylic acids is 1. The molecule has 1 aliphatic heterocycles. The Kier molecular flexibility index (Phi) is 7.79. The summed E-state index contributed by atoms with van der Waals surface area (Å²) in [7, 11) is 0. The zero-order valence-electron chi connectivity index (χ0n) is 22.5. The van der Waals surface area contributed by atoms with Gasteiger partial charge >= 0.3 is 0 Å². The fraction of sp³-hybridized carbons (Fsp3) is 0.567. The number of hydrogen-bond donors (Lipinski definition) is 2. The third-order valence-corrected chi connectivity index (χ3v) is 8.34. The third kappa shape index (κ3) is 5.66. The molecule has 2 aromatic heterocycles. The maximum Gasteiger partial charge on any atom is 0.225 e. The molecule has 37 heavy (non-hydrogen) atoms. The number of amides is 1. The molecule has 2 N–H and O–H groups in total. The zero-order chi connectivity index (χ0) is 25.9. The number of nitrogens with zero attached hydrogens (tertiary/aromatic N) is 4. The van der Waals surface area contributed by atoms with Crippen molar-refractivity contribution >= 4 is 22.8 Å². The molecule has 2 aliphatic rings. The van der Waals surface area contributed by atoms with Crippen LogP contribution in [0.15, 0.2) is 30.3 Å². The van der Waals surface area contributed by atoms with E-state index in [0.29, 0.717) is 17.9 Å². The summed E-state index contributed by atoms with van der Waals surface area (Å²) < 4.78 is 2.25. The first-order valence-electron chi connectivity index (χ1n) is 14.0. The summed E-state index contributed by atoms with van der Waals surface area (Å²) in [5.74, 6) is 1.93. The van der Waals surface area contributed by atoms with Crippen LogP contribution in [0.5, 0.6) is 0 Å².